The predicted octanol–water partition coefficient (Wildman–Crippen LogP) is 5.76. The number of benzene rings is 2. The molecular formula is C39H45F2NO6. The van der Waals surface area contributed by atoms with Gasteiger partial charge in [0.05, 0.1) is 12.2 Å². The van der Waals surface area contributed by atoms with Crippen molar-refractivity contribution in [2.75, 3.05) is 18.6 Å². The molecule has 4 aliphatic carbocycles. The maximum absolute atomic E-state index is 17.6. The molecule has 2 aromatic carbocycles. The molecule has 5 aliphatic rings. The van der Waals surface area contributed by atoms with E-state index in [-0.39, 0.29) is 24.8 Å². The van der Waals surface area contributed by atoms with Crippen LogP contribution in [0.1, 0.15) is 69.9 Å². The van der Waals surface area contributed by atoms with Gasteiger partial charge in [-0.1, -0.05) is 49.4 Å². The molecule has 2 aromatic rings. The molecule has 10 atom stereocenters. The van der Waals surface area contributed by atoms with Crippen LogP contribution in [-0.2, 0) is 25.5 Å². The molecule has 0 radical (unpaired) electrons. The van der Waals surface area contributed by atoms with Gasteiger partial charge in [0.2, 0.25) is 0 Å². The first-order chi connectivity index (χ1) is 22.7. The molecule has 0 aromatic heterocycles. The summed E-state index contributed by atoms with van der Waals surface area (Å²) >= 11 is 0. The maximum Gasteiger partial charge on any atom is 0.193 e. The summed E-state index contributed by atoms with van der Waals surface area (Å²) in [7, 11) is 2.08. The Kier molecular flexibility index (Phi) is 7.90. The van der Waals surface area contributed by atoms with E-state index >= 15 is 8.78 Å². The molecule has 7 rings (SSSR count). The fraction of sp³-hybridized carbons (Fsp3) is 0.538. The zero-order valence-electron chi connectivity index (χ0n) is 28.2. The largest absolute Gasteiger partial charge is 0.390 e. The van der Waals surface area contributed by atoms with Gasteiger partial charge in [0.15, 0.2) is 29.1 Å². The molecule has 9 heteroatoms. The van der Waals surface area contributed by atoms with Gasteiger partial charge in [-0.25, -0.2) is 8.78 Å². The second kappa shape index (κ2) is 11.4. The van der Waals surface area contributed by atoms with Gasteiger partial charge in [-0.2, -0.15) is 0 Å². The molecule has 0 spiro atoms. The summed E-state index contributed by atoms with van der Waals surface area (Å²) in [5.74, 6) is -2.58. The SMILES string of the molecule is CC(C)N(C)c1cccc(Cc2ccc([C@H]3O[C@@H]4C[C@H]5[C@@H]6C[C@H](F)C7=CC(=O)C=C[C@]7(C)[C@@]6(F)[C@@H](O)C[C@]5(C)[C@]4(C(=O)CO)O3)cc2)c1. The quantitative estimate of drug-likeness (QED) is 0.390. The van der Waals surface area contributed by atoms with Crippen LogP contribution < -0.4 is 4.90 Å². The van der Waals surface area contributed by atoms with Crippen molar-refractivity contribution in [2.24, 2.45) is 22.7 Å². The fourth-order valence-corrected chi connectivity index (χ4v) is 9.93. The molecule has 3 saturated carbocycles. The maximum atomic E-state index is 17.6. The lowest BCUT2D eigenvalue weighted by Crippen LogP contribution is -2.70. The summed E-state index contributed by atoms with van der Waals surface area (Å²) < 4.78 is 46.6. The number of hydrogen-bond donors (Lipinski definition) is 2. The molecule has 1 heterocycles. The minimum atomic E-state index is -2.29. The average Bonchev–Trinajstić information content (AvgIpc) is 3.56. The van der Waals surface area contributed by atoms with Crippen LogP contribution in [0.3, 0.4) is 0 Å². The first-order valence-electron chi connectivity index (χ1n) is 17.0. The number of hydrogen-bond acceptors (Lipinski definition) is 7. The zero-order valence-corrected chi connectivity index (χ0v) is 28.2. The van der Waals surface area contributed by atoms with Gasteiger partial charge in [-0.15, -0.1) is 0 Å². The minimum absolute atomic E-state index is 0.0438. The summed E-state index contributed by atoms with van der Waals surface area (Å²) in [6.07, 6.45) is -0.622. The number of ketones is 2. The Bertz CT molecular complexity index is 1690. The Morgan fingerprint density at radius 1 is 1.08 bits per heavy atom. The molecule has 2 N–H and O–H groups in total. The number of alkyl halides is 2. The topological polar surface area (TPSA) is 96.3 Å². The van der Waals surface area contributed by atoms with Gasteiger partial charge in [-0.05, 0) is 93.4 Å². The number of fused-ring (bicyclic) bond motifs is 7. The van der Waals surface area contributed by atoms with Gasteiger partial charge in [0.25, 0.3) is 0 Å². The van der Waals surface area contributed by atoms with Crippen LogP contribution in [0.25, 0.3) is 0 Å². The zero-order chi connectivity index (χ0) is 34.4. The summed E-state index contributed by atoms with van der Waals surface area (Å²) in [5, 5.41) is 22.0. The number of rotatable bonds is 7. The number of allylic oxidation sites excluding steroid dienone is 4. The normalized spacial score (nSPS) is 39.8. The summed E-state index contributed by atoms with van der Waals surface area (Å²) in [6.45, 7) is 6.81. The van der Waals surface area contributed by atoms with E-state index < -0.39 is 76.8 Å². The van der Waals surface area contributed by atoms with Gasteiger partial charge in [0, 0.05) is 41.1 Å². The smallest absolute Gasteiger partial charge is 0.193 e. The van der Waals surface area contributed by atoms with Crippen LogP contribution in [0.15, 0.2) is 72.3 Å². The van der Waals surface area contributed by atoms with Crippen LogP contribution in [0, 0.1) is 22.7 Å². The van der Waals surface area contributed by atoms with E-state index in [0.717, 1.165) is 23.7 Å². The van der Waals surface area contributed by atoms with E-state index in [9.17, 15) is 19.8 Å². The molecule has 48 heavy (non-hydrogen) atoms. The van der Waals surface area contributed by atoms with E-state index in [1.54, 1.807) is 13.8 Å². The lowest BCUT2D eigenvalue weighted by Gasteiger charge is -2.63. The average molecular weight is 662 g/mol. The van der Waals surface area contributed by atoms with E-state index in [2.05, 4.69) is 50.1 Å². The summed E-state index contributed by atoms with van der Waals surface area (Å²) in [6, 6.07) is 16.6. The van der Waals surface area contributed by atoms with Crippen LogP contribution >= 0.6 is 0 Å². The third-order valence-corrected chi connectivity index (χ3v) is 12.7. The monoisotopic (exact) mass is 661 g/mol. The Morgan fingerprint density at radius 2 is 1.81 bits per heavy atom. The number of carbonyl (C=O) groups is 2. The van der Waals surface area contributed by atoms with Gasteiger partial charge < -0.3 is 24.6 Å². The van der Waals surface area contributed by atoms with Crippen LogP contribution in [-0.4, -0.2) is 71.1 Å². The van der Waals surface area contributed by atoms with E-state index in [0.29, 0.717) is 11.6 Å². The highest BCUT2D eigenvalue weighted by molar-refractivity contribution is 6.01. The lowest BCUT2D eigenvalue weighted by atomic mass is 9.44. The molecule has 0 bridgehead atoms. The van der Waals surface area contributed by atoms with Crippen LogP contribution in [0.5, 0.6) is 0 Å². The molecule has 4 fully saturated rings. The number of Topliss-reactive ketones (excluding diaryl/α,β-unsaturated/α-hetero) is 1. The molecular weight excluding hydrogens is 616 g/mol. The Hall–Kier alpha value is -3.24. The van der Waals surface area contributed by atoms with Gasteiger partial charge in [0.1, 0.15) is 12.8 Å². The number of carbonyl (C=O) groups excluding carboxylic acids is 2. The highest BCUT2D eigenvalue weighted by Gasteiger charge is 2.80. The Morgan fingerprint density at radius 3 is 2.50 bits per heavy atom. The first-order valence-corrected chi connectivity index (χ1v) is 17.0. The standard InChI is InChI=1S/C39H45F2NO6/c1-22(2)42(5)26-8-6-7-24(16-26)15-23-9-11-25(12-10-23)35-47-34-19-28-29-18-31(40)30-17-27(44)13-14-36(30,3)38(29,41)32(45)20-37(28,4)39(34,48-35)33(46)21-43/h6-14,16-17,22,28-29,31-32,34-35,43,45H,15,18-21H2,1-5H3/t28-,29-,31-,32-,34+,35-,36-,37-,38-,39+/m0/s1. The number of halogens is 2. The van der Waals surface area contributed by atoms with E-state index in [4.69, 9.17) is 9.47 Å². The van der Waals surface area contributed by atoms with Crippen molar-refractivity contribution < 1.29 is 38.1 Å². The third-order valence-electron chi connectivity index (χ3n) is 12.7. The molecule has 1 saturated heterocycles. The predicted molar refractivity (Wildman–Crippen MR) is 177 cm³/mol. The summed E-state index contributed by atoms with van der Waals surface area (Å²) in [4.78, 5) is 28.2. The molecule has 1 aliphatic heterocycles. The number of nitrogens with zero attached hydrogens (tertiary/aromatic N) is 1. The second-order valence-electron chi connectivity index (χ2n) is 15.3. The van der Waals surface area contributed by atoms with Gasteiger partial charge >= 0.3 is 0 Å². The van der Waals surface area contributed by atoms with Gasteiger partial charge in [-0.3, -0.25) is 9.59 Å². The Labute approximate surface area is 280 Å². The highest BCUT2D eigenvalue weighted by atomic mass is 19.1. The van der Waals surface area contributed by atoms with Crippen molar-refractivity contribution in [3.63, 3.8) is 0 Å². The van der Waals surface area contributed by atoms with E-state index in [1.807, 2.05) is 24.3 Å². The Balaban J connectivity index is 1.17. The number of aliphatic hydroxyl groups is 2. The van der Waals surface area contributed by atoms with Crippen LogP contribution in [0.2, 0.25) is 0 Å². The molecule has 0 amide bonds. The number of anilines is 1. The minimum Gasteiger partial charge on any atom is -0.390 e. The van der Waals surface area contributed by atoms with Crippen molar-refractivity contribution >= 4 is 17.3 Å². The number of aliphatic hydroxyl groups excluding tert-OH is 2. The summed E-state index contributed by atoms with van der Waals surface area (Å²) in [5.41, 5.74) is -2.50. The van der Waals surface area contributed by atoms with Crippen molar-refractivity contribution in [1.82, 2.24) is 0 Å². The van der Waals surface area contributed by atoms with Crippen molar-refractivity contribution in [1.29, 1.82) is 0 Å². The molecule has 256 valence electrons. The fourth-order valence-electron chi connectivity index (χ4n) is 9.93. The van der Waals surface area contributed by atoms with Crippen molar-refractivity contribution in [2.45, 2.75) is 95.4 Å². The lowest BCUT2D eigenvalue weighted by molar-refractivity contribution is -0.235. The van der Waals surface area contributed by atoms with Crippen molar-refractivity contribution in [3.8, 4) is 0 Å². The second-order valence-corrected chi connectivity index (χ2v) is 15.3. The van der Waals surface area contributed by atoms with Crippen LogP contribution in [0.4, 0.5) is 14.5 Å². The first kappa shape index (κ1) is 33.3. The number of ether oxygens (including phenoxy) is 2. The van der Waals surface area contributed by atoms with Crippen molar-refractivity contribution in [3.05, 3.63) is 89.0 Å². The highest BCUT2D eigenvalue weighted by Crippen LogP contribution is 2.72. The third kappa shape index (κ3) is 4.50. The molecule has 7 nitrogen and oxygen atoms in total. The van der Waals surface area contributed by atoms with E-state index in [1.165, 1.54) is 17.7 Å². The molecule has 0 unspecified atom stereocenters.